The number of amides is 1. The van der Waals surface area contributed by atoms with Gasteiger partial charge in [0, 0.05) is 12.3 Å². The summed E-state index contributed by atoms with van der Waals surface area (Å²) in [5.41, 5.74) is -1.12. The van der Waals surface area contributed by atoms with Gasteiger partial charge in [0.25, 0.3) is 5.91 Å². The summed E-state index contributed by atoms with van der Waals surface area (Å²) >= 11 is 1.54. The third-order valence-electron chi connectivity index (χ3n) is 2.50. The van der Waals surface area contributed by atoms with E-state index in [4.69, 9.17) is 0 Å². The molecule has 1 aromatic rings. The summed E-state index contributed by atoms with van der Waals surface area (Å²) in [5, 5.41) is 0. The largest absolute Gasteiger partial charge is 0.417 e. The van der Waals surface area contributed by atoms with Crippen molar-refractivity contribution in [2.45, 2.75) is 6.18 Å². The van der Waals surface area contributed by atoms with Crippen LogP contribution in [0.4, 0.5) is 13.2 Å². The van der Waals surface area contributed by atoms with Crippen LogP contribution in [-0.2, 0) is 6.18 Å². The molecular formula is C11H10F3NOS. The van der Waals surface area contributed by atoms with Crippen LogP contribution in [0.15, 0.2) is 24.3 Å². The standard InChI is InChI=1S/C11H10F3NOS/c12-11(13,14)9-4-2-1-3-8(9)10(16)15-5-6-17-7-15/h1-4H,5-7H2. The lowest BCUT2D eigenvalue weighted by atomic mass is 10.1. The molecule has 2 nitrogen and oxygen atoms in total. The molecule has 1 amide bonds. The van der Waals surface area contributed by atoms with Crippen LogP contribution >= 0.6 is 11.8 Å². The van der Waals surface area contributed by atoms with Crippen LogP contribution in [0.5, 0.6) is 0 Å². The maximum Gasteiger partial charge on any atom is 0.417 e. The minimum atomic E-state index is -4.49. The average Bonchev–Trinajstić information content (AvgIpc) is 2.80. The number of hydrogen-bond acceptors (Lipinski definition) is 2. The number of benzene rings is 1. The normalized spacial score (nSPS) is 16.3. The second-order valence-corrected chi connectivity index (χ2v) is 4.72. The Balaban J connectivity index is 2.34. The highest BCUT2D eigenvalue weighted by molar-refractivity contribution is 7.99. The molecule has 2 rings (SSSR count). The molecule has 0 aromatic heterocycles. The fourth-order valence-electron chi connectivity index (χ4n) is 1.66. The smallest absolute Gasteiger partial charge is 0.329 e. The van der Waals surface area contributed by atoms with Gasteiger partial charge in [0.1, 0.15) is 0 Å². The van der Waals surface area contributed by atoms with Crippen LogP contribution in [0.25, 0.3) is 0 Å². The Morgan fingerprint density at radius 2 is 2.00 bits per heavy atom. The Kier molecular flexibility index (Phi) is 3.33. The van der Waals surface area contributed by atoms with Gasteiger partial charge in [-0.2, -0.15) is 13.2 Å². The van der Waals surface area contributed by atoms with Gasteiger partial charge in [-0.1, -0.05) is 12.1 Å². The number of rotatable bonds is 1. The topological polar surface area (TPSA) is 20.3 Å². The Labute approximate surface area is 101 Å². The van der Waals surface area contributed by atoms with Crippen LogP contribution in [0.3, 0.4) is 0 Å². The van der Waals surface area contributed by atoms with E-state index in [1.54, 1.807) is 11.8 Å². The van der Waals surface area contributed by atoms with Gasteiger partial charge >= 0.3 is 6.18 Å². The molecule has 1 aliphatic heterocycles. The van der Waals surface area contributed by atoms with Crippen LogP contribution in [0.2, 0.25) is 0 Å². The quantitative estimate of drug-likeness (QED) is 0.774. The van der Waals surface area contributed by atoms with Crippen molar-refractivity contribution in [1.29, 1.82) is 0 Å². The second-order valence-electron chi connectivity index (χ2n) is 3.65. The van der Waals surface area contributed by atoms with Gasteiger partial charge in [-0.15, -0.1) is 11.8 Å². The SMILES string of the molecule is O=C(c1ccccc1C(F)(F)F)N1CCSC1. The highest BCUT2D eigenvalue weighted by atomic mass is 32.2. The summed E-state index contributed by atoms with van der Waals surface area (Å²) in [7, 11) is 0. The molecule has 0 N–H and O–H groups in total. The molecule has 0 atom stereocenters. The first-order valence-corrected chi connectivity index (χ1v) is 6.19. The van der Waals surface area contributed by atoms with E-state index in [0.29, 0.717) is 12.4 Å². The van der Waals surface area contributed by atoms with E-state index < -0.39 is 17.6 Å². The van der Waals surface area contributed by atoms with Gasteiger partial charge in [0.2, 0.25) is 0 Å². The van der Waals surface area contributed by atoms with Crippen molar-refractivity contribution < 1.29 is 18.0 Å². The van der Waals surface area contributed by atoms with Crippen LogP contribution in [0, 0.1) is 0 Å². The van der Waals surface area contributed by atoms with Gasteiger partial charge in [-0.05, 0) is 12.1 Å². The van der Waals surface area contributed by atoms with E-state index >= 15 is 0 Å². The zero-order valence-electron chi connectivity index (χ0n) is 8.83. The highest BCUT2D eigenvalue weighted by Gasteiger charge is 2.36. The lowest BCUT2D eigenvalue weighted by molar-refractivity contribution is -0.138. The number of carbonyl (C=O) groups excluding carboxylic acids is 1. The van der Waals surface area contributed by atoms with Crippen LogP contribution in [-0.4, -0.2) is 29.0 Å². The van der Waals surface area contributed by atoms with Gasteiger partial charge < -0.3 is 4.90 Å². The molecule has 1 aromatic carbocycles. The molecule has 1 fully saturated rings. The molecule has 0 bridgehead atoms. The molecule has 1 heterocycles. The van der Waals surface area contributed by atoms with Gasteiger partial charge in [0.05, 0.1) is 17.0 Å². The molecule has 1 saturated heterocycles. The van der Waals surface area contributed by atoms with E-state index in [-0.39, 0.29) is 5.56 Å². The van der Waals surface area contributed by atoms with E-state index in [0.717, 1.165) is 11.8 Å². The summed E-state index contributed by atoms with van der Waals surface area (Å²) < 4.78 is 38.2. The summed E-state index contributed by atoms with van der Waals surface area (Å²) in [4.78, 5) is 13.4. The number of halogens is 3. The minimum Gasteiger partial charge on any atom is -0.329 e. The molecule has 0 radical (unpaired) electrons. The van der Waals surface area contributed by atoms with E-state index in [1.807, 2.05) is 0 Å². The monoisotopic (exact) mass is 261 g/mol. The fourth-order valence-corrected chi connectivity index (χ4v) is 2.61. The minimum absolute atomic E-state index is 0.262. The Bertz CT molecular complexity index is 427. The number of carbonyl (C=O) groups is 1. The molecule has 92 valence electrons. The van der Waals surface area contributed by atoms with Gasteiger partial charge in [-0.25, -0.2) is 0 Å². The van der Waals surface area contributed by atoms with Crippen molar-refractivity contribution in [2.24, 2.45) is 0 Å². The molecule has 0 spiro atoms. The molecule has 1 aliphatic rings. The third kappa shape index (κ3) is 2.57. The second kappa shape index (κ2) is 4.60. The predicted octanol–water partition coefficient (Wildman–Crippen LogP) is 2.85. The molecule has 0 saturated carbocycles. The van der Waals surface area contributed by atoms with E-state index in [2.05, 4.69) is 0 Å². The van der Waals surface area contributed by atoms with E-state index in [9.17, 15) is 18.0 Å². The predicted molar refractivity (Wildman–Crippen MR) is 59.8 cm³/mol. The van der Waals surface area contributed by atoms with Crippen molar-refractivity contribution in [3.63, 3.8) is 0 Å². The molecule has 0 aliphatic carbocycles. The van der Waals surface area contributed by atoms with Crippen molar-refractivity contribution in [2.75, 3.05) is 18.2 Å². The maximum absolute atomic E-state index is 12.7. The molecule has 6 heteroatoms. The van der Waals surface area contributed by atoms with E-state index in [1.165, 1.54) is 23.1 Å². The first-order chi connectivity index (χ1) is 8.00. The first-order valence-electron chi connectivity index (χ1n) is 5.03. The van der Waals surface area contributed by atoms with Gasteiger partial charge in [0.15, 0.2) is 0 Å². The lowest BCUT2D eigenvalue weighted by Gasteiger charge is -2.18. The summed E-state index contributed by atoms with van der Waals surface area (Å²) in [5.74, 6) is 0.702. The highest BCUT2D eigenvalue weighted by Crippen LogP contribution is 2.32. The number of alkyl halides is 3. The zero-order chi connectivity index (χ0) is 12.5. The maximum atomic E-state index is 12.7. The third-order valence-corrected chi connectivity index (χ3v) is 3.47. The molecule has 0 unspecified atom stereocenters. The lowest BCUT2D eigenvalue weighted by Crippen LogP contribution is -2.29. The van der Waals surface area contributed by atoms with Gasteiger partial charge in [-0.3, -0.25) is 4.79 Å². The fraction of sp³-hybridized carbons (Fsp3) is 0.364. The summed E-state index contributed by atoms with van der Waals surface area (Å²) in [6.45, 7) is 0.510. The van der Waals surface area contributed by atoms with Crippen molar-refractivity contribution >= 4 is 17.7 Å². The Hall–Kier alpha value is -1.17. The molecular weight excluding hydrogens is 251 g/mol. The number of thioether (sulfide) groups is 1. The average molecular weight is 261 g/mol. The van der Waals surface area contributed by atoms with Crippen molar-refractivity contribution in [3.8, 4) is 0 Å². The first kappa shape index (κ1) is 12.3. The Morgan fingerprint density at radius 1 is 1.29 bits per heavy atom. The molecule has 17 heavy (non-hydrogen) atoms. The number of hydrogen-bond donors (Lipinski definition) is 0. The van der Waals surface area contributed by atoms with Crippen LogP contribution in [0.1, 0.15) is 15.9 Å². The summed E-state index contributed by atoms with van der Waals surface area (Å²) in [6, 6.07) is 4.91. The van der Waals surface area contributed by atoms with Crippen LogP contribution < -0.4 is 0 Å². The number of nitrogens with zero attached hydrogens (tertiary/aromatic N) is 1. The summed E-state index contributed by atoms with van der Waals surface area (Å²) in [6.07, 6.45) is -4.49. The van der Waals surface area contributed by atoms with Crippen molar-refractivity contribution in [3.05, 3.63) is 35.4 Å². The Morgan fingerprint density at radius 3 is 2.59 bits per heavy atom. The zero-order valence-corrected chi connectivity index (χ0v) is 9.64. The van der Waals surface area contributed by atoms with Crippen molar-refractivity contribution in [1.82, 2.24) is 4.90 Å².